The normalized spacial score (nSPS) is 15.3. The van der Waals surface area contributed by atoms with Crippen LogP contribution >= 0.6 is 34.5 Å². The highest BCUT2D eigenvalue weighted by atomic mass is 35.5. The highest BCUT2D eigenvalue weighted by Crippen LogP contribution is 2.27. The zero-order valence-electron chi connectivity index (χ0n) is 13.3. The van der Waals surface area contributed by atoms with E-state index in [1.807, 2.05) is 0 Å². The van der Waals surface area contributed by atoms with Gasteiger partial charge >= 0.3 is 0 Å². The van der Waals surface area contributed by atoms with Gasteiger partial charge in [-0.3, -0.25) is 9.52 Å². The summed E-state index contributed by atoms with van der Waals surface area (Å²) in [6.45, 7) is 1.61. The number of aromatic nitrogens is 2. The number of hydrogen-bond acceptors (Lipinski definition) is 7. The van der Waals surface area contributed by atoms with E-state index in [9.17, 15) is 13.2 Å². The van der Waals surface area contributed by atoms with Crippen molar-refractivity contribution in [1.29, 1.82) is 0 Å². The van der Waals surface area contributed by atoms with Gasteiger partial charge in [0, 0.05) is 24.5 Å². The molecule has 1 N–H and O–H groups in total. The number of anilines is 1. The molecule has 1 aliphatic rings. The number of nitrogens with one attached hydrogen (secondary N) is 1. The van der Waals surface area contributed by atoms with Gasteiger partial charge in [-0.1, -0.05) is 34.5 Å². The fourth-order valence-corrected chi connectivity index (χ4v) is 5.01. The zero-order valence-corrected chi connectivity index (χ0v) is 16.5. The summed E-state index contributed by atoms with van der Waals surface area (Å²) in [5, 5.41) is 8.89. The van der Waals surface area contributed by atoms with Gasteiger partial charge in [-0.15, -0.1) is 10.2 Å². The number of benzene rings is 1. The zero-order chi connectivity index (χ0) is 18.7. The lowest BCUT2D eigenvalue weighted by molar-refractivity contribution is -0.142. The molecule has 2 aromatic rings. The van der Waals surface area contributed by atoms with Gasteiger partial charge in [0.25, 0.3) is 10.0 Å². The van der Waals surface area contributed by atoms with Crippen LogP contribution in [-0.4, -0.2) is 55.7 Å². The third-order valence-electron chi connectivity index (χ3n) is 3.55. The predicted octanol–water partition coefficient (Wildman–Crippen LogP) is 2.05. The van der Waals surface area contributed by atoms with Crippen molar-refractivity contribution in [3.63, 3.8) is 0 Å². The van der Waals surface area contributed by atoms with Gasteiger partial charge in [0.05, 0.1) is 11.6 Å². The molecule has 1 fully saturated rings. The maximum atomic E-state index is 12.4. The Kier molecular flexibility index (Phi) is 5.98. The summed E-state index contributed by atoms with van der Waals surface area (Å²) in [4.78, 5) is 13.3. The molecule has 1 aromatic carbocycles. The Hall–Kier alpha value is -1.46. The maximum Gasteiger partial charge on any atom is 0.265 e. The highest BCUT2D eigenvalue weighted by Gasteiger charge is 2.21. The Labute approximate surface area is 164 Å². The van der Waals surface area contributed by atoms with Gasteiger partial charge in [0.15, 0.2) is 0 Å². The largest absolute Gasteiger partial charge is 0.370 e. The molecule has 0 bridgehead atoms. The van der Waals surface area contributed by atoms with Crippen LogP contribution in [-0.2, 0) is 26.0 Å². The lowest BCUT2D eigenvalue weighted by Crippen LogP contribution is -2.42. The number of amides is 1. The second-order valence-electron chi connectivity index (χ2n) is 5.36. The molecule has 0 atom stereocenters. The van der Waals surface area contributed by atoms with Crippen molar-refractivity contribution in [2.45, 2.75) is 11.3 Å². The number of morpholine rings is 1. The van der Waals surface area contributed by atoms with Crippen LogP contribution in [0.4, 0.5) is 5.13 Å². The first kappa shape index (κ1) is 19.3. The van der Waals surface area contributed by atoms with E-state index in [4.69, 9.17) is 27.9 Å². The Bertz CT molecular complexity index is 919. The first-order valence-corrected chi connectivity index (χ1v) is 10.6. The van der Waals surface area contributed by atoms with Gasteiger partial charge in [-0.05, 0) is 18.2 Å². The van der Waals surface area contributed by atoms with Crippen molar-refractivity contribution < 1.29 is 17.9 Å². The summed E-state index contributed by atoms with van der Waals surface area (Å²) >= 11 is 12.8. The smallest absolute Gasteiger partial charge is 0.265 e. The van der Waals surface area contributed by atoms with E-state index in [1.165, 1.54) is 18.2 Å². The van der Waals surface area contributed by atoms with Crippen molar-refractivity contribution in [3.8, 4) is 0 Å². The standard InChI is InChI=1S/C14H14Cl2N4O4S2/c15-9-1-2-11(10(16)7-9)26(22,23)19-14-18-17-12(25-14)3-4-20-5-6-24-8-13(20)21/h1-2,7H,3-6,8H2,(H,18,19). The van der Waals surface area contributed by atoms with Crippen LogP contribution in [0.1, 0.15) is 5.01 Å². The van der Waals surface area contributed by atoms with Gasteiger partial charge < -0.3 is 9.64 Å². The summed E-state index contributed by atoms with van der Waals surface area (Å²) in [7, 11) is -3.91. The van der Waals surface area contributed by atoms with Crippen LogP contribution < -0.4 is 4.72 Å². The first-order valence-electron chi connectivity index (χ1n) is 7.51. The second-order valence-corrected chi connectivity index (χ2v) is 8.92. The van der Waals surface area contributed by atoms with Crippen molar-refractivity contribution in [3.05, 3.63) is 33.3 Å². The summed E-state index contributed by atoms with van der Waals surface area (Å²) in [5.41, 5.74) is 0. The van der Waals surface area contributed by atoms with Gasteiger partial charge in [-0.25, -0.2) is 8.42 Å². The van der Waals surface area contributed by atoms with E-state index >= 15 is 0 Å². The van der Waals surface area contributed by atoms with Crippen LogP contribution in [0.3, 0.4) is 0 Å². The SMILES string of the molecule is O=C1COCCN1CCc1nnc(NS(=O)(=O)c2ccc(Cl)cc2Cl)s1. The number of hydrogen-bond donors (Lipinski definition) is 1. The van der Waals surface area contributed by atoms with E-state index in [0.29, 0.717) is 36.1 Å². The minimum absolute atomic E-state index is 0.0144. The Morgan fingerprint density at radius 3 is 2.85 bits per heavy atom. The summed E-state index contributed by atoms with van der Waals surface area (Å²) < 4.78 is 32.3. The van der Waals surface area contributed by atoms with Crippen LogP contribution in [0.5, 0.6) is 0 Å². The Morgan fingerprint density at radius 1 is 1.31 bits per heavy atom. The molecule has 1 amide bonds. The van der Waals surface area contributed by atoms with Gasteiger partial charge in [0.2, 0.25) is 11.0 Å². The molecule has 0 spiro atoms. The van der Waals surface area contributed by atoms with Crippen LogP contribution in [0.25, 0.3) is 0 Å². The number of carbonyl (C=O) groups excluding carboxylic acids is 1. The molecule has 0 aliphatic carbocycles. The quantitative estimate of drug-likeness (QED) is 0.743. The Morgan fingerprint density at radius 2 is 2.12 bits per heavy atom. The van der Waals surface area contributed by atoms with Crippen molar-refractivity contribution in [2.75, 3.05) is 31.0 Å². The summed E-state index contributed by atoms with van der Waals surface area (Å²) in [6.07, 6.45) is 0.479. The van der Waals surface area contributed by atoms with Gasteiger partial charge in [-0.2, -0.15) is 0 Å². The number of sulfonamides is 1. The number of ether oxygens (including phenoxy) is 1. The molecule has 12 heteroatoms. The van der Waals surface area contributed by atoms with E-state index in [1.54, 1.807) is 4.90 Å². The Balaban J connectivity index is 1.65. The first-order chi connectivity index (χ1) is 12.3. The number of nitrogens with zero attached hydrogens (tertiary/aromatic N) is 3. The fourth-order valence-electron chi connectivity index (χ4n) is 2.28. The lowest BCUT2D eigenvalue weighted by atomic mass is 10.3. The molecule has 0 radical (unpaired) electrons. The molecule has 1 aliphatic heterocycles. The molecule has 0 saturated carbocycles. The maximum absolute atomic E-state index is 12.4. The summed E-state index contributed by atoms with van der Waals surface area (Å²) in [6, 6.07) is 4.11. The van der Waals surface area contributed by atoms with E-state index < -0.39 is 10.0 Å². The summed E-state index contributed by atoms with van der Waals surface area (Å²) in [5.74, 6) is -0.0703. The number of halogens is 2. The number of rotatable bonds is 6. The molecule has 1 saturated heterocycles. The van der Waals surface area contributed by atoms with E-state index in [-0.39, 0.29) is 27.6 Å². The molecule has 2 heterocycles. The van der Waals surface area contributed by atoms with Crippen LogP contribution in [0.2, 0.25) is 10.0 Å². The predicted molar refractivity (Wildman–Crippen MR) is 98.3 cm³/mol. The van der Waals surface area contributed by atoms with Crippen molar-refractivity contribution in [1.82, 2.24) is 15.1 Å². The highest BCUT2D eigenvalue weighted by molar-refractivity contribution is 7.93. The third kappa shape index (κ3) is 4.63. The molecule has 8 nitrogen and oxygen atoms in total. The minimum atomic E-state index is -3.91. The monoisotopic (exact) mass is 436 g/mol. The molecular formula is C14H14Cl2N4O4S2. The average molecular weight is 437 g/mol. The van der Waals surface area contributed by atoms with Crippen molar-refractivity contribution in [2.24, 2.45) is 0 Å². The third-order valence-corrected chi connectivity index (χ3v) is 6.64. The van der Waals surface area contributed by atoms with Gasteiger partial charge in [0.1, 0.15) is 16.5 Å². The van der Waals surface area contributed by atoms with E-state index in [2.05, 4.69) is 14.9 Å². The molecule has 26 heavy (non-hydrogen) atoms. The van der Waals surface area contributed by atoms with Crippen LogP contribution in [0, 0.1) is 0 Å². The molecule has 0 unspecified atom stereocenters. The second kappa shape index (κ2) is 8.05. The number of carbonyl (C=O) groups is 1. The molecule has 3 rings (SSSR count). The minimum Gasteiger partial charge on any atom is -0.370 e. The van der Waals surface area contributed by atoms with Crippen molar-refractivity contribution >= 4 is 55.6 Å². The average Bonchev–Trinajstić information content (AvgIpc) is 3.00. The topological polar surface area (TPSA) is 101 Å². The van der Waals surface area contributed by atoms with Crippen LogP contribution in [0.15, 0.2) is 23.1 Å². The van der Waals surface area contributed by atoms with E-state index in [0.717, 1.165) is 11.3 Å². The fraction of sp³-hybridized carbons (Fsp3) is 0.357. The molecule has 140 valence electrons. The molecule has 1 aromatic heterocycles. The molecular weight excluding hydrogens is 423 g/mol. The lowest BCUT2D eigenvalue weighted by Gasteiger charge is -2.26.